The van der Waals surface area contributed by atoms with Gasteiger partial charge in [0.1, 0.15) is 6.61 Å². The molecule has 0 aliphatic rings. The molecule has 2 atom stereocenters. The van der Waals surface area contributed by atoms with E-state index in [0.29, 0.717) is 12.8 Å². The molecule has 0 spiro atoms. The van der Waals surface area contributed by atoms with Crippen LogP contribution in [0.15, 0.2) is 97.2 Å². The fraction of sp³-hybridized carbons (Fsp3) is 0.633. The van der Waals surface area contributed by atoms with E-state index in [4.69, 9.17) is 24.3 Å². The van der Waals surface area contributed by atoms with Crippen molar-refractivity contribution in [2.24, 2.45) is 5.73 Å². The fourth-order valence-electron chi connectivity index (χ4n) is 5.63. The van der Waals surface area contributed by atoms with Gasteiger partial charge in [-0.3, -0.25) is 18.6 Å². The molecule has 10 heteroatoms. The molecule has 336 valence electrons. The number of esters is 2. The van der Waals surface area contributed by atoms with Crippen molar-refractivity contribution >= 4 is 19.8 Å². The lowest BCUT2D eigenvalue weighted by molar-refractivity contribution is -0.161. The summed E-state index contributed by atoms with van der Waals surface area (Å²) in [5.41, 5.74) is 5.35. The zero-order valence-electron chi connectivity index (χ0n) is 36.9. The Hall–Kier alpha value is -3.07. The fourth-order valence-corrected chi connectivity index (χ4v) is 6.40. The Balaban J connectivity index is 4.27. The Morgan fingerprint density at radius 3 is 1.46 bits per heavy atom. The number of ether oxygens (including phenoxy) is 2. The SMILES string of the molecule is CCC=CCC=CCC=CCC=CCC=CCC=CCCC(=O)OC[C@H](COP(=O)(O)OCCN)OC(=O)CCCCCCCCCCCC=CCC=CCCCCC. The second-order valence-electron chi connectivity index (χ2n) is 14.5. The van der Waals surface area contributed by atoms with Gasteiger partial charge >= 0.3 is 19.8 Å². The van der Waals surface area contributed by atoms with Crippen LogP contribution in [0.3, 0.4) is 0 Å². The van der Waals surface area contributed by atoms with Crippen molar-refractivity contribution in [3.05, 3.63) is 97.2 Å². The number of allylic oxidation sites excluding steroid dienone is 16. The maximum absolute atomic E-state index is 12.6. The van der Waals surface area contributed by atoms with Crippen molar-refractivity contribution in [3.63, 3.8) is 0 Å². The summed E-state index contributed by atoms with van der Waals surface area (Å²) < 4.78 is 32.7. The lowest BCUT2D eigenvalue weighted by Gasteiger charge is -2.19. The highest BCUT2D eigenvalue weighted by atomic mass is 31.2. The van der Waals surface area contributed by atoms with Crippen LogP contribution < -0.4 is 5.73 Å². The summed E-state index contributed by atoms with van der Waals surface area (Å²) in [6, 6.07) is 0. The topological polar surface area (TPSA) is 134 Å². The second kappa shape index (κ2) is 44.5. The number of hydrogen-bond donors (Lipinski definition) is 2. The number of carbonyl (C=O) groups excluding carboxylic acids is 2. The summed E-state index contributed by atoms with van der Waals surface area (Å²) in [6.07, 6.45) is 57.3. The Labute approximate surface area is 359 Å². The second-order valence-corrected chi connectivity index (χ2v) is 16.0. The molecule has 0 radical (unpaired) electrons. The molecule has 0 amide bonds. The van der Waals surface area contributed by atoms with Gasteiger partial charge in [-0.15, -0.1) is 0 Å². The predicted molar refractivity (Wildman–Crippen MR) is 247 cm³/mol. The first-order valence-electron chi connectivity index (χ1n) is 22.7. The van der Waals surface area contributed by atoms with Crippen molar-refractivity contribution in [1.29, 1.82) is 0 Å². The molecule has 3 N–H and O–H groups in total. The van der Waals surface area contributed by atoms with E-state index < -0.39 is 32.5 Å². The van der Waals surface area contributed by atoms with Crippen LogP contribution in [-0.2, 0) is 32.7 Å². The van der Waals surface area contributed by atoms with Crippen molar-refractivity contribution in [2.45, 2.75) is 174 Å². The molecule has 59 heavy (non-hydrogen) atoms. The molecule has 1 unspecified atom stereocenters. The maximum atomic E-state index is 12.6. The lowest BCUT2D eigenvalue weighted by Crippen LogP contribution is -2.29. The minimum absolute atomic E-state index is 0.0380. The van der Waals surface area contributed by atoms with E-state index in [1.165, 1.54) is 57.8 Å². The van der Waals surface area contributed by atoms with Gasteiger partial charge in [-0.05, 0) is 83.5 Å². The Kier molecular flexibility index (Phi) is 42.2. The molecule has 0 bridgehead atoms. The first-order valence-corrected chi connectivity index (χ1v) is 24.2. The zero-order chi connectivity index (χ0) is 43.2. The number of rotatable bonds is 41. The van der Waals surface area contributed by atoms with Crippen molar-refractivity contribution < 1.29 is 37.6 Å². The smallest absolute Gasteiger partial charge is 0.462 e. The van der Waals surface area contributed by atoms with E-state index in [1.54, 1.807) is 0 Å². The molecular weight excluding hydrogens is 762 g/mol. The molecule has 0 aromatic rings. The van der Waals surface area contributed by atoms with Gasteiger partial charge in [-0.2, -0.15) is 0 Å². The summed E-state index contributed by atoms with van der Waals surface area (Å²) in [6.45, 7) is 3.49. The molecule has 0 aliphatic carbocycles. The van der Waals surface area contributed by atoms with Crippen LogP contribution in [0.25, 0.3) is 0 Å². The quantitative estimate of drug-likeness (QED) is 0.0267. The normalized spacial score (nSPS) is 14.2. The van der Waals surface area contributed by atoms with Crippen LogP contribution >= 0.6 is 7.82 Å². The molecule has 0 saturated carbocycles. The highest BCUT2D eigenvalue weighted by molar-refractivity contribution is 7.47. The van der Waals surface area contributed by atoms with Crippen LogP contribution in [0.1, 0.15) is 168 Å². The summed E-state index contributed by atoms with van der Waals surface area (Å²) in [5, 5.41) is 0. The van der Waals surface area contributed by atoms with Crippen LogP contribution in [-0.4, -0.2) is 49.3 Å². The van der Waals surface area contributed by atoms with Gasteiger partial charge in [0.05, 0.1) is 13.2 Å². The maximum Gasteiger partial charge on any atom is 0.472 e. The molecule has 0 fully saturated rings. The van der Waals surface area contributed by atoms with Gasteiger partial charge in [0.15, 0.2) is 6.10 Å². The Morgan fingerprint density at radius 1 is 0.525 bits per heavy atom. The predicted octanol–water partition coefficient (Wildman–Crippen LogP) is 13.4. The highest BCUT2D eigenvalue weighted by Crippen LogP contribution is 2.43. The molecule has 0 heterocycles. The van der Waals surface area contributed by atoms with Gasteiger partial charge in [0, 0.05) is 19.4 Å². The lowest BCUT2D eigenvalue weighted by atomic mass is 10.1. The minimum Gasteiger partial charge on any atom is -0.462 e. The van der Waals surface area contributed by atoms with E-state index in [2.05, 4.69) is 98.9 Å². The average molecular weight is 844 g/mol. The summed E-state index contributed by atoms with van der Waals surface area (Å²) >= 11 is 0. The van der Waals surface area contributed by atoms with Crippen molar-refractivity contribution in [2.75, 3.05) is 26.4 Å². The first kappa shape index (κ1) is 55.9. The largest absolute Gasteiger partial charge is 0.472 e. The molecule has 0 aliphatic heterocycles. The van der Waals surface area contributed by atoms with Gasteiger partial charge < -0.3 is 20.1 Å². The van der Waals surface area contributed by atoms with Gasteiger partial charge in [-0.1, -0.05) is 169 Å². The molecule has 0 saturated heterocycles. The van der Waals surface area contributed by atoms with Gasteiger partial charge in [0.2, 0.25) is 0 Å². The third kappa shape index (κ3) is 44.3. The summed E-state index contributed by atoms with van der Waals surface area (Å²) in [5.74, 6) is -0.939. The Morgan fingerprint density at radius 2 is 0.966 bits per heavy atom. The molecule has 0 rings (SSSR count). The van der Waals surface area contributed by atoms with E-state index in [9.17, 15) is 19.0 Å². The third-order valence-corrected chi connectivity index (χ3v) is 9.95. The van der Waals surface area contributed by atoms with Crippen LogP contribution in [0, 0.1) is 0 Å². The van der Waals surface area contributed by atoms with E-state index in [0.717, 1.165) is 70.6 Å². The number of nitrogens with two attached hydrogens (primary N) is 1. The molecule has 0 aromatic carbocycles. The highest BCUT2D eigenvalue weighted by Gasteiger charge is 2.25. The summed E-state index contributed by atoms with van der Waals surface area (Å²) in [4.78, 5) is 34.9. The average Bonchev–Trinajstić information content (AvgIpc) is 3.22. The van der Waals surface area contributed by atoms with Crippen LogP contribution in [0.2, 0.25) is 0 Å². The van der Waals surface area contributed by atoms with E-state index in [1.807, 2.05) is 12.2 Å². The molecular formula is C49H82NO8P. The molecule has 9 nitrogen and oxygen atoms in total. The van der Waals surface area contributed by atoms with E-state index in [-0.39, 0.29) is 32.6 Å². The first-order chi connectivity index (χ1) is 28.8. The Bertz CT molecular complexity index is 1280. The summed E-state index contributed by atoms with van der Waals surface area (Å²) in [7, 11) is -4.40. The standard InChI is InChI=1S/C49H82NO8P/c1-3-5-7-9-11-13-15-17-19-21-23-25-27-29-31-33-35-37-39-41-48(51)55-45-47(46-57-59(53,54)56-44-43-50)58-49(52)42-40-38-36-34-32-30-28-26-24-22-20-18-16-14-12-10-8-6-4-2/h5,7,11-14,17-20,23,25,29,31,35,37,47H,3-4,6,8-10,15-16,21-22,24,26-28,30,32-34,36,38-46,50H2,1-2H3,(H,53,54)/t47-/m1/s1. The number of unbranched alkanes of at least 4 members (excludes halogenated alkanes) is 12. The number of hydrogen-bond acceptors (Lipinski definition) is 8. The van der Waals surface area contributed by atoms with Crippen LogP contribution in [0.4, 0.5) is 0 Å². The number of carbonyl (C=O) groups is 2. The molecule has 0 aromatic heterocycles. The third-order valence-electron chi connectivity index (χ3n) is 8.97. The number of phosphoric ester groups is 1. The monoisotopic (exact) mass is 844 g/mol. The zero-order valence-corrected chi connectivity index (χ0v) is 37.8. The van der Waals surface area contributed by atoms with Crippen LogP contribution in [0.5, 0.6) is 0 Å². The van der Waals surface area contributed by atoms with Gasteiger partial charge in [0.25, 0.3) is 0 Å². The van der Waals surface area contributed by atoms with Gasteiger partial charge in [-0.25, -0.2) is 4.57 Å². The van der Waals surface area contributed by atoms with Crippen molar-refractivity contribution in [1.82, 2.24) is 0 Å². The number of phosphoric acid groups is 1. The van der Waals surface area contributed by atoms with E-state index >= 15 is 0 Å². The van der Waals surface area contributed by atoms with Crippen molar-refractivity contribution in [3.8, 4) is 0 Å². The minimum atomic E-state index is -4.40.